The van der Waals surface area contributed by atoms with Gasteiger partial charge in [-0.15, -0.1) is 0 Å². The first-order valence-corrected chi connectivity index (χ1v) is 5.47. The number of rotatable bonds is 2. The maximum Gasteiger partial charge on any atom is 0.0342 e. The van der Waals surface area contributed by atoms with Gasteiger partial charge in [-0.05, 0) is 44.5 Å². The Balaban J connectivity index is 1.90. The van der Waals surface area contributed by atoms with Crippen LogP contribution in [0.15, 0.2) is 30.3 Å². The monoisotopic (exact) mass is 190 g/mol. The second-order valence-electron chi connectivity index (χ2n) is 3.89. The third-order valence-corrected chi connectivity index (χ3v) is 2.72. The van der Waals surface area contributed by atoms with Gasteiger partial charge in [0.05, 0.1) is 0 Å². The smallest absolute Gasteiger partial charge is 0.0342 e. The SMILES string of the molecule is c1ccc(N[C@@H]2CCCNCC2)cc1. The molecule has 0 radical (unpaired) electrons. The first-order valence-electron chi connectivity index (χ1n) is 5.47. The van der Waals surface area contributed by atoms with Crippen molar-refractivity contribution in [3.05, 3.63) is 30.3 Å². The molecule has 1 heterocycles. The Kier molecular flexibility index (Phi) is 3.41. The number of benzene rings is 1. The molecule has 0 aliphatic carbocycles. The van der Waals surface area contributed by atoms with Crippen LogP contribution in [-0.2, 0) is 0 Å². The van der Waals surface area contributed by atoms with Crippen LogP contribution in [0.2, 0.25) is 0 Å². The Labute approximate surface area is 85.7 Å². The predicted octanol–water partition coefficient (Wildman–Crippen LogP) is 2.24. The van der Waals surface area contributed by atoms with E-state index in [1.807, 2.05) is 0 Å². The molecule has 0 spiro atoms. The summed E-state index contributed by atoms with van der Waals surface area (Å²) < 4.78 is 0. The van der Waals surface area contributed by atoms with Gasteiger partial charge < -0.3 is 10.6 Å². The highest BCUT2D eigenvalue weighted by atomic mass is 14.9. The van der Waals surface area contributed by atoms with Gasteiger partial charge in [0.2, 0.25) is 0 Å². The summed E-state index contributed by atoms with van der Waals surface area (Å²) in [6.45, 7) is 2.32. The van der Waals surface area contributed by atoms with Crippen LogP contribution in [0.25, 0.3) is 0 Å². The van der Waals surface area contributed by atoms with Crippen LogP contribution in [0.1, 0.15) is 19.3 Å². The van der Waals surface area contributed by atoms with Crippen LogP contribution in [0.3, 0.4) is 0 Å². The summed E-state index contributed by atoms with van der Waals surface area (Å²) >= 11 is 0. The van der Waals surface area contributed by atoms with Crippen LogP contribution in [0.5, 0.6) is 0 Å². The van der Waals surface area contributed by atoms with Crippen LogP contribution < -0.4 is 10.6 Å². The Bertz CT molecular complexity index is 250. The molecule has 1 aromatic carbocycles. The van der Waals surface area contributed by atoms with Crippen molar-refractivity contribution in [1.82, 2.24) is 5.32 Å². The molecule has 1 atom stereocenters. The van der Waals surface area contributed by atoms with E-state index >= 15 is 0 Å². The van der Waals surface area contributed by atoms with Crippen molar-refractivity contribution >= 4 is 5.69 Å². The number of hydrogen-bond donors (Lipinski definition) is 2. The lowest BCUT2D eigenvalue weighted by Gasteiger charge is -2.16. The van der Waals surface area contributed by atoms with E-state index in [-0.39, 0.29) is 0 Å². The standard InChI is InChI=1S/C12H18N2/c1-2-5-11(6-3-1)14-12-7-4-9-13-10-8-12/h1-3,5-6,12-14H,4,7-10H2/t12-/m1/s1. The average molecular weight is 190 g/mol. The molecule has 76 valence electrons. The minimum absolute atomic E-state index is 0.646. The fourth-order valence-electron chi connectivity index (χ4n) is 1.93. The molecule has 1 fully saturated rings. The molecular formula is C12H18N2. The number of hydrogen-bond acceptors (Lipinski definition) is 2. The Morgan fingerprint density at radius 3 is 2.79 bits per heavy atom. The van der Waals surface area contributed by atoms with Gasteiger partial charge in [-0.2, -0.15) is 0 Å². The molecule has 1 aliphatic heterocycles. The molecule has 2 nitrogen and oxygen atoms in total. The zero-order valence-corrected chi connectivity index (χ0v) is 8.50. The first kappa shape index (κ1) is 9.53. The van der Waals surface area contributed by atoms with Crippen LogP contribution >= 0.6 is 0 Å². The van der Waals surface area contributed by atoms with Gasteiger partial charge in [0.25, 0.3) is 0 Å². The molecule has 2 N–H and O–H groups in total. The largest absolute Gasteiger partial charge is 0.382 e. The summed E-state index contributed by atoms with van der Waals surface area (Å²) in [6, 6.07) is 11.1. The lowest BCUT2D eigenvalue weighted by Crippen LogP contribution is -2.21. The highest BCUT2D eigenvalue weighted by molar-refractivity contribution is 5.43. The summed E-state index contributed by atoms with van der Waals surface area (Å²) in [5.41, 5.74) is 1.25. The van der Waals surface area contributed by atoms with E-state index < -0.39 is 0 Å². The first-order chi connectivity index (χ1) is 6.95. The van der Waals surface area contributed by atoms with Crippen LogP contribution in [0, 0.1) is 0 Å². The van der Waals surface area contributed by atoms with Crippen molar-refractivity contribution in [3.63, 3.8) is 0 Å². The quantitative estimate of drug-likeness (QED) is 0.747. The second-order valence-corrected chi connectivity index (χ2v) is 3.89. The Morgan fingerprint density at radius 1 is 1.07 bits per heavy atom. The molecule has 1 saturated heterocycles. The molecule has 0 saturated carbocycles. The summed E-state index contributed by atoms with van der Waals surface area (Å²) in [7, 11) is 0. The molecule has 0 aromatic heterocycles. The summed E-state index contributed by atoms with van der Waals surface area (Å²) in [4.78, 5) is 0. The topological polar surface area (TPSA) is 24.1 Å². The van der Waals surface area contributed by atoms with Crippen LogP contribution in [0.4, 0.5) is 5.69 Å². The minimum Gasteiger partial charge on any atom is -0.382 e. The third kappa shape index (κ3) is 2.74. The molecule has 2 heteroatoms. The van der Waals surface area contributed by atoms with Crippen molar-refractivity contribution in [2.24, 2.45) is 0 Å². The normalized spacial score (nSPS) is 22.7. The lowest BCUT2D eigenvalue weighted by molar-refractivity contribution is 0.637. The van der Waals surface area contributed by atoms with Gasteiger partial charge >= 0.3 is 0 Å². The number of anilines is 1. The minimum atomic E-state index is 0.646. The second kappa shape index (κ2) is 5.01. The van der Waals surface area contributed by atoms with Gasteiger partial charge in [-0.3, -0.25) is 0 Å². The molecule has 0 amide bonds. The van der Waals surface area contributed by atoms with Crippen molar-refractivity contribution in [2.45, 2.75) is 25.3 Å². The molecule has 14 heavy (non-hydrogen) atoms. The molecule has 0 unspecified atom stereocenters. The predicted molar refractivity (Wildman–Crippen MR) is 60.6 cm³/mol. The average Bonchev–Trinajstić information content (AvgIpc) is 2.48. The fraction of sp³-hybridized carbons (Fsp3) is 0.500. The van der Waals surface area contributed by atoms with Gasteiger partial charge in [0.15, 0.2) is 0 Å². The van der Waals surface area contributed by atoms with Crippen molar-refractivity contribution in [2.75, 3.05) is 18.4 Å². The van der Waals surface area contributed by atoms with E-state index in [0.717, 1.165) is 6.54 Å². The van der Waals surface area contributed by atoms with Crippen molar-refractivity contribution < 1.29 is 0 Å². The van der Waals surface area contributed by atoms with E-state index in [1.54, 1.807) is 0 Å². The lowest BCUT2D eigenvalue weighted by atomic mass is 10.1. The molecular weight excluding hydrogens is 172 g/mol. The Hall–Kier alpha value is -1.02. The molecule has 1 aromatic rings. The van der Waals surface area contributed by atoms with Gasteiger partial charge in [0.1, 0.15) is 0 Å². The van der Waals surface area contributed by atoms with Crippen LogP contribution in [-0.4, -0.2) is 19.1 Å². The zero-order chi connectivity index (χ0) is 9.64. The van der Waals surface area contributed by atoms with E-state index in [4.69, 9.17) is 0 Å². The van der Waals surface area contributed by atoms with E-state index in [2.05, 4.69) is 41.0 Å². The van der Waals surface area contributed by atoms with E-state index in [9.17, 15) is 0 Å². The summed E-state index contributed by atoms with van der Waals surface area (Å²) in [5, 5.41) is 7.00. The number of para-hydroxylation sites is 1. The maximum atomic E-state index is 3.58. The van der Waals surface area contributed by atoms with Gasteiger partial charge in [0, 0.05) is 11.7 Å². The van der Waals surface area contributed by atoms with Gasteiger partial charge in [-0.1, -0.05) is 18.2 Å². The maximum absolute atomic E-state index is 3.58. The van der Waals surface area contributed by atoms with Crippen molar-refractivity contribution in [3.8, 4) is 0 Å². The number of nitrogens with one attached hydrogen (secondary N) is 2. The zero-order valence-electron chi connectivity index (χ0n) is 8.50. The van der Waals surface area contributed by atoms with E-state index in [0.29, 0.717) is 6.04 Å². The van der Waals surface area contributed by atoms with E-state index in [1.165, 1.54) is 31.5 Å². The summed E-state index contributed by atoms with van der Waals surface area (Å²) in [6.07, 6.45) is 3.79. The highest BCUT2D eigenvalue weighted by Gasteiger charge is 2.10. The Morgan fingerprint density at radius 2 is 1.93 bits per heavy atom. The molecule has 1 aliphatic rings. The molecule has 0 bridgehead atoms. The summed E-state index contributed by atoms with van der Waals surface area (Å²) in [5.74, 6) is 0. The third-order valence-electron chi connectivity index (χ3n) is 2.72. The fourth-order valence-corrected chi connectivity index (χ4v) is 1.93. The molecule has 2 rings (SSSR count). The highest BCUT2D eigenvalue weighted by Crippen LogP contribution is 2.13. The van der Waals surface area contributed by atoms with Gasteiger partial charge in [-0.25, -0.2) is 0 Å². The van der Waals surface area contributed by atoms with Crippen molar-refractivity contribution in [1.29, 1.82) is 0 Å².